The van der Waals surface area contributed by atoms with Gasteiger partial charge in [0.2, 0.25) is 0 Å². The molecule has 0 aliphatic heterocycles. The van der Waals surface area contributed by atoms with Gasteiger partial charge in [-0.2, -0.15) is 0 Å². The monoisotopic (exact) mass is 215 g/mol. The fourth-order valence-electron chi connectivity index (χ4n) is 1.12. The Balaban J connectivity index is 2.79. The fraction of sp³-hybridized carbons (Fsp3) is 0.400. The number of halogens is 1. The summed E-state index contributed by atoms with van der Waals surface area (Å²) in [5.74, 6) is 0. The smallest absolute Gasteiger partial charge is 0.0417 e. The molecule has 0 atom stereocenters. The van der Waals surface area contributed by atoms with E-state index >= 15 is 0 Å². The predicted molar refractivity (Wildman–Crippen MR) is 60.6 cm³/mol. The van der Waals surface area contributed by atoms with Gasteiger partial charge in [-0.1, -0.05) is 24.6 Å². The lowest BCUT2D eigenvalue weighted by Crippen LogP contribution is -2.12. The Hall–Kier alpha value is -0.180. The van der Waals surface area contributed by atoms with Gasteiger partial charge in [0.25, 0.3) is 0 Å². The van der Waals surface area contributed by atoms with Crippen LogP contribution in [0.1, 0.15) is 12.5 Å². The van der Waals surface area contributed by atoms with Crippen molar-refractivity contribution in [2.75, 3.05) is 12.8 Å². The van der Waals surface area contributed by atoms with Crippen LogP contribution in [-0.4, -0.2) is 12.8 Å². The molecule has 0 aromatic heterocycles. The van der Waals surface area contributed by atoms with E-state index in [-0.39, 0.29) is 0 Å². The first kappa shape index (κ1) is 10.9. The molecule has 0 radical (unpaired) electrons. The van der Waals surface area contributed by atoms with Crippen molar-refractivity contribution in [3.8, 4) is 0 Å². The molecular formula is C10H14ClNS. The molecule has 1 rings (SSSR count). The van der Waals surface area contributed by atoms with Crippen molar-refractivity contribution in [1.29, 1.82) is 0 Å². The molecule has 0 bridgehead atoms. The lowest BCUT2D eigenvalue weighted by molar-refractivity contribution is 0.718. The molecule has 13 heavy (non-hydrogen) atoms. The number of thioether (sulfide) groups is 1. The van der Waals surface area contributed by atoms with Gasteiger partial charge in [-0.05, 0) is 30.5 Å². The summed E-state index contributed by atoms with van der Waals surface area (Å²) in [4.78, 5) is 1.26. The highest BCUT2D eigenvalue weighted by molar-refractivity contribution is 7.98. The van der Waals surface area contributed by atoms with Crippen LogP contribution in [0.25, 0.3) is 0 Å². The lowest BCUT2D eigenvalue weighted by Gasteiger charge is -2.07. The standard InChI is InChI=1S/C10H14ClNS/c1-3-12-7-8-4-5-9(11)6-10(8)13-2/h4-6,12H,3,7H2,1-2H3. The van der Waals surface area contributed by atoms with Crippen molar-refractivity contribution < 1.29 is 0 Å². The van der Waals surface area contributed by atoms with Crippen LogP contribution >= 0.6 is 23.4 Å². The summed E-state index contributed by atoms with van der Waals surface area (Å²) in [6.45, 7) is 4.02. The van der Waals surface area contributed by atoms with Gasteiger partial charge in [0.1, 0.15) is 0 Å². The Morgan fingerprint density at radius 3 is 2.85 bits per heavy atom. The molecule has 1 N–H and O–H groups in total. The molecule has 1 aromatic carbocycles. The SMILES string of the molecule is CCNCc1ccc(Cl)cc1SC. The van der Waals surface area contributed by atoms with Gasteiger partial charge in [-0.25, -0.2) is 0 Å². The first-order chi connectivity index (χ1) is 6.27. The number of hydrogen-bond donors (Lipinski definition) is 1. The Morgan fingerprint density at radius 2 is 2.23 bits per heavy atom. The van der Waals surface area contributed by atoms with E-state index in [9.17, 15) is 0 Å². The maximum absolute atomic E-state index is 5.90. The summed E-state index contributed by atoms with van der Waals surface area (Å²) >= 11 is 7.63. The van der Waals surface area contributed by atoms with Crippen molar-refractivity contribution in [3.63, 3.8) is 0 Å². The summed E-state index contributed by atoms with van der Waals surface area (Å²) in [6.07, 6.45) is 2.07. The summed E-state index contributed by atoms with van der Waals surface area (Å²) in [5.41, 5.74) is 1.32. The average Bonchev–Trinajstić information content (AvgIpc) is 2.16. The van der Waals surface area contributed by atoms with Gasteiger partial charge in [0, 0.05) is 16.5 Å². The molecule has 0 amide bonds. The topological polar surface area (TPSA) is 12.0 Å². The van der Waals surface area contributed by atoms with Crippen LogP contribution in [0.2, 0.25) is 5.02 Å². The molecule has 0 unspecified atom stereocenters. The Morgan fingerprint density at radius 1 is 1.46 bits per heavy atom. The van der Waals surface area contributed by atoms with Crippen molar-refractivity contribution in [2.24, 2.45) is 0 Å². The first-order valence-corrected chi connectivity index (χ1v) is 5.91. The van der Waals surface area contributed by atoms with E-state index in [0.29, 0.717) is 0 Å². The minimum atomic E-state index is 0.810. The van der Waals surface area contributed by atoms with Crippen LogP contribution in [0.5, 0.6) is 0 Å². The number of nitrogens with one attached hydrogen (secondary N) is 1. The zero-order valence-corrected chi connectivity index (χ0v) is 9.50. The van der Waals surface area contributed by atoms with Crippen LogP contribution in [0.15, 0.2) is 23.1 Å². The minimum absolute atomic E-state index is 0.810. The van der Waals surface area contributed by atoms with Gasteiger partial charge < -0.3 is 5.32 Å². The van der Waals surface area contributed by atoms with E-state index < -0.39 is 0 Å². The molecule has 72 valence electrons. The Bertz CT molecular complexity index is 276. The van der Waals surface area contributed by atoms with Crippen molar-refractivity contribution in [2.45, 2.75) is 18.4 Å². The second-order valence-corrected chi connectivity index (χ2v) is 4.02. The van der Waals surface area contributed by atoms with Crippen LogP contribution in [-0.2, 0) is 6.54 Å². The van der Waals surface area contributed by atoms with Gasteiger partial charge in [0.15, 0.2) is 0 Å². The van der Waals surface area contributed by atoms with Crippen molar-refractivity contribution in [3.05, 3.63) is 28.8 Å². The summed E-state index contributed by atoms with van der Waals surface area (Å²) < 4.78 is 0. The molecule has 0 heterocycles. The van der Waals surface area contributed by atoms with Crippen LogP contribution in [0, 0.1) is 0 Å². The summed E-state index contributed by atoms with van der Waals surface area (Å²) in [6, 6.07) is 6.03. The second-order valence-electron chi connectivity index (χ2n) is 2.74. The molecule has 0 fully saturated rings. The first-order valence-electron chi connectivity index (χ1n) is 4.31. The average molecular weight is 216 g/mol. The maximum Gasteiger partial charge on any atom is 0.0417 e. The van der Waals surface area contributed by atoms with E-state index in [1.807, 2.05) is 12.1 Å². The van der Waals surface area contributed by atoms with Crippen LogP contribution in [0.4, 0.5) is 0 Å². The molecular weight excluding hydrogens is 202 g/mol. The highest BCUT2D eigenvalue weighted by atomic mass is 35.5. The molecule has 1 aromatic rings. The van der Waals surface area contributed by atoms with Gasteiger partial charge in [-0.15, -0.1) is 11.8 Å². The highest BCUT2D eigenvalue weighted by Gasteiger charge is 2.00. The number of rotatable bonds is 4. The Kier molecular flexibility index (Phi) is 4.64. The van der Waals surface area contributed by atoms with Crippen molar-refractivity contribution in [1.82, 2.24) is 5.32 Å². The zero-order chi connectivity index (χ0) is 9.68. The van der Waals surface area contributed by atoms with E-state index in [1.54, 1.807) is 11.8 Å². The molecule has 0 saturated heterocycles. The van der Waals surface area contributed by atoms with E-state index in [2.05, 4.69) is 24.6 Å². The zero-order valence-electron chi connectivity index (χ0n) is 7.93. The molecule has 0 saturated carbocycles. The third-order valence-electron chi connectivity index (χ3n) is 1.81. The number of benzene rings is 1. The third kappa shape index (κ3) is 3.22. The van der Waals surface area contributed by atoms with Gasteiger partial charge in [-0.3, -0.25) is 0 Å². The minimum Gasteiger partial charge on any atom is -0.313 e. The third-order valence-corrected chi connectivity index (χ3v) is 2.87. The maximum atomic E-state index is 5.90. The van der Waals surface area contributed by atoms with Gasteiger partial charge in [0.05, 0.1) is 0 Å². The van der Waals surface area contributed by atoms with Crippen LogP contribution in [0.3, 0.4) is 0 Å². The lowest BCUT2D eigenvalue weighted by atomic mass is 10.2. The molecule has 0 aliphatic rings. The van der Waals surface area contributed by atoms with Crippen LogP contribution < -0.4 is 5.32 Å². The quantitative estimate of drug-likeness (QED) is 0.775. The molecule has 3 heteroatoms. The molecule has 0 aliphatic carbocycles. The van der Waals surface area contributed by atoms with E-state index in [1.165, 1.54) is 10.5 Å². The normalized spacial score (nSPS) is 10.4. The highest BCUT2D eigenvalue weighted by Crippen LogP contribution is 2.24. The largest absolute Gasteiger partial charge is 0.313 e. The van der Waals surface area contributed by atoms with E-state index in [0.717, 1.165) is 18.1 Å². The Labute approximate surface area is 88.9 Å². The number of hydrogen-bond acceptors (Lipinski definition) is 2. The summed E-state index contributed by atoms with van der Waals surface area (Å²) in [7, 11) is 0. The molecule has 1 nitrogen and oxygen atoms in total. The van der Waals surface area contributed by atoms with Gasteiger partial charge >= 0.3 is 0 Å². The van der Waals surface area contributed by atoms with E-state index in [4.69, 9.17) is 11.6 Å². The second kappa shape index (κ2) is 5.53. The fourth-order valence-corrected chi connectivity index (χ4v) is 2.01. The van der Waals surface area contributed by atoms with Crippen molar-refractivity contribution >= 4 is 23.4 Å². The predicted octanol–water partition coefficient (Wildman–Crippen LogP) is 3.17. The molecule has 0 spiro atoms. The summed E-state index contributed by atoms with van der Waals surface area (Å²) in [5, 5.41) is 4.11.